The molecule has 6 nitrogen and oxygen atoms in total. The Labute approximate surface area is 177 Å². The Bertz CT molecular complexity index is 1060. The first-order chi connectivity index (χ1) is 14.7. The lowest BCUT2D eigenvalue weighted by atomic mass is 10.0. The highest BCUT2D eigenvalue weighted by Crippen LogP contribution is 2.32. The molecule has 4 heterocycles. The van der Waals surface area contributed by atoms with Crippen molar-refractivity contribution in [1.82, 2.24) is 24.7 Å². The van der Waals surface area contributed by atoms with Gasteiger partial charge in [0.25, 0.3) is 0 Å². The fourth-order valence-corrected chi connectivity index (χ4v) is 4.82. The van der Waals surface area contributed by atoms with Crippen LogP contribution in [0.25, 0.3) is 10.9 Å². The molecule has 1 saturated heterocycles. The molecule has 5 rings (SSSR count). The van der Waals surface area contributed by atoms with Crippen molar-refractivity contribution >= 4 is 16.9 Å². The standard InChI is InChI=1S/C24H29N5O/c1-18-5-6-22-20(16-18)21-17-27(14-15-28-13-10-26-24(28)30)11-8-23(21)29(22)12-7-19-4-2-3-9-25-19/h2-6,9,16H,7-8,10-15,17H2,1H3,(H,26,30). The van der Waals surface area contributed by atoms with E-state index in [0.29, 0.717) is 0 Å². The first-order valence-corrected chi connectivity index (χ1v) is 10.9. The number of nitrogens with one attached hydrogen (secondary N) is 1. The Hall–Kier alpha value is -2.86. The average Bonchev–Trinajstić information content (AvgIpc) is 3.31. The second-order valence-electron chi connectivity index (χ2n) is 8.41. The molecule has 0 radical (unpaired) electrons. The lowest BCUT2D eigenvalue weighted by Gasteiger charge is -2.29. The van der Waals surface area contributed by atoms with Gasteiger partial charge in [0.15, 0.2) is 0 Å². The quantitative estimate of drug-likeness (QED) is 0.689. The van der Waals surface area contributed by atoms with Crippen LogP contribution in [0.2, 0.25) is 0 Å². The maximum atomic E-state index is 11.8. The van der Waals surface area contributed by atoms with Crippen LogP contribution in [-0.4, -0.2) is 58.1 Å². The van der Waals surface area contributed by atoms with Crippen molar-refractivity contribution in [3.63, 3.8) is 0 Å². The predicted octanol–water partition coefficient (Wildman–Crippen LogP) is 2.97. The SMILES string of the molecule is Cc1ccc2c(c1)c1c(n2CCc2ccccn2)CCN(CCN2CCNC2=O)C1. The van der Waals surface area contributed by atoms with Gasteiger partial charge in [0.05, 0.1) is 0 Å². The number of pyridine rings is 1. The van der Waals surface area contributed by atoms with Gasteiger partial charge in [-0.15, -0.1) is 0 Å². The number of amides is 2. The predicted molar refractivity (Wildman–Crippen MR) is 119 cm³/mol. The lowest BCUT2D eigenvalue weighted by Crippen LogP contribution is -2.39. The molecule has 1 fully saturated rings. The Morgan fingerprint density at radius 1 is 1.10 bits per heavy atom. The van der Waals surface area contributed by atoms with Gasteiger partial charge in [0, 0.05) is 87.1 Å². The van der Waals surface area contributed by atoms with Crippen LogP contribution in [0.3, 0.4) is 0 Å². The normalized spacial score (nSPS) is 16.8. The topological polar surface area (TPSA) is 53.4 Å². The number of benzene rings is 1. The molecule has 2 aromatic heterocycles. The maximum absolute atomic E-state index is 11.8. The molecule has 1 aromatic carbocycles. The summed E-state index contributed by atoms with van der Waals surface area (Å²) >= 11 is 0. The number of aryl methyl sites for hydroxylation is 3. The molecule has 6 heteroatoms. The monoisotopic (exact) mass is 403 g/mol. The highest BCUT2D eigenvalue weighted by molar-refractivity contribution is 5.86. The van der Waals surface area contributed by atoms with Crippen LogP contribution in [0.5, 0.6) is 0 Å². The summed E-state index contributed by atoms with van der Waals surface area (Å²) in [6, 6.07) is 13.1. The molecule has 2 aliphatic heterocycles. The summed E-state index contributed by atoms with van der Waals surface area (Å²) in [6.07, 6.45) is 3.87. The molecule has 0 spiro atoms. The minimum atomic E-state index is 0.0782. The number of carbonyl (C=O) groups excluding carboxylic acids is 1. The summed E-state index contributed by atoms with van der Waals surface area (Å²) in [5.41, 5.74) is 6.72. The lowest BCUT2D eigenvalue weighted by molar-refractivity contribution is 0.195. The largest absolute Gasteiger partial charge is 0.344 e. The first kappa shape index (κ1) is 19.1. The molecule has 0 aliphatic carbocycles. The summed E-state index contributed by atoms with van der Waals surface area (Å²) in [6.45, 7) is 8.46. The fraction of sp³-hybridized carbons (Fsp3) is 0.417. The van der Waals surface area contributed by atoms with E-state index in [0.717, 1.165) is 64.3 Å². The van der Waals surface area contributed by atoms with Crippen LogP contribution in [0.4, 0.5) is 4.79 Å². The Morgan fingerprint density at radius 2 is 2.03 bits per heavy atom. The molecule has 0 saturated carbocycles. The van der Waals surface area contributed by atoms with Crippen molar-refractivity contribution in [2.24, 2.45) is 0 Å². The number of hydrogen-bond donors (Lipinski definition) is 1. The van der Waals surface area contributed by atoms with Gasteiger partial charge >= 0.3 is 6.03 Å². The van der Waals surface area contributed by atoms with Crippen molar-refractivity contribution in [1.29, 1.82) is 0 Å². The van der Waals surface area contributed by atoms with Crippen molar-refractivity contribution in [2.75, 3.05) is 32.7 Å². The van der Waals surface area contributed by atoms with Gasteiger partial charge in [-0.2, -0.15) is 0 Å². The van der Waals surface area contributed by atoms with E-state index in [2.05, 4.69) is 57.0 Å². The van der Waals surface area contributed by atoms with E-state index in [1.807, 2.05) is 17.2 Å². The van der Waals surface area contributed by atoms with Gasteiger partial charge < -0.3 is 14.8 Å². The van der Waals surface area contributed by atoms with Crippen LogP contribution in [0, 0.1) is 6.92 Å². The van der Waals surface area contributed by atoms with Gasteiger partial charge in [0.1, 0.15) is 0 Å². The Kier molecular flexibility index (Phi) is 5.17. The summed E-state index contributed by atoms with van der Waals surface area (Å²) in [4.78, 5) is 20.8. The number of urea groups is 1. The zero-order chi connectivity index (χ0) is 20.5. The summed E-state index contributed by atoms with van der Waals surface area (Å²) in [5, 5.41) is 4.28. The van der Waals surface area contributed by atoms with Crippen molar-refractivity contribution in [3.8, 4) is 0 Å². The summed E-state index contributed by atoms with van der Waals surface area (Å²) < 4.78 is 2.52. The van der Waals surface area contributed by atoms with Crippen molar-refractivity contribution < 1.29 is 4.79 Å². The second kappa shape index (κ2) is 8.11. The van der Waals surface area contributed by atoms with Gasteiger partial charge in [-0.25, -0.2) is 4.79 Å². The molecular formula is C24H29N5O. The second-order valence-corrected chi connectivity index (χ2v) is 8.41. The zero-order valence-corrected chi connectivity index (χ0v) is 17.6. The first-order valence-electron chi connectivity index (χ1n) is 10.9. The molecule has 0 bridgehead atoms. The highest BCUT2D eigenvalue weighted by atomic mass is 16.2. The van der Waals surface area contributed by atoms with E-state index in [-0.39, 0.29) is 6.03 Å². The van der Waals surface area contributed by atoms with Crippen molar-refractivity contribution in [3.05, 3.63) is 65.1 Å². The third-order valence-corrected chi connectivity index (χ3v) is 6.44. The number of carbonyl (C=O) groups is 1. The van der Waals surface area contributed by atoms with Crippen LogP contribution < -0.4 is 5.32 Å². The Balaban J connectivity index is 1.38. The molecule has 30 heavy (non-hydrogen) atoms. The van der Waals surface area contributed by atoms with Gasteiger partial charge in [-0.3, -0.25) is 9.88 Å². The average molecular weight is 404 g/mol. The molecule has 156 valence electrons. The smallest absolute Gasteiger partial charge is 0.317 e. The molecule has 2 aliphatic rings. The molecule has 2 amide bonds. The van der Waals surface area contributed by atoms with Gasteiger partial charge in [0.2, 0.25) is 0 Å². The molecular weight excluding hydrogens is 374 g/mol. The molecule has 3 aromatic rings. The maximum Gasteiger partial charge on any atom is 0.317 e. The third-order valence-electron chi connectivity index (χ3n) is 6.44. The third kappa shape index (κ3) is 3.67. The van der Waals surface area contributed by atoms with Crippen LogP contribution in [0.1, 0.15) is 22.5 Å². The van der Waals surface area contributed by atoms with E-state index in [1.165, 1.54) is 27.7 Å². The number of aromatic nitrogens is 2. The van der Waals surface area contributed by atoms with E-state index in [4.69, 9.17) is 0 Å². The highest BCUT2D eigenvalue weighted by Gasteiger charge is 2.25. The summed E-state index contributed by atoms with van der Waals surface area (Å²) in [5.74, 6) is 0. The van der Waals surface area contributed by atoms with Crippen LogP contribution in [-0.2, 0) is 25.9 Å². The van der Waals surface area contributed by atoms with E-state index >= 15 is 0 Å². The van der Waals surface area contributed by atoms with Crippen LogP contribution >= 0.6 is 0 Å². The zero-order valence-electron chi connectivity index (χ0n) is 17.6. The number of rotatable bonds is 6. The molecule has 0 atom stereocenters. The van der Waals surface area contributed by atoms with E-state index in [1.54, 1.807) is 0 Å². The molecule has 0 unspecified atom stereocenters. The minimum Gasteiger partial charge on any atom is -0.344 e. The number of nitrogens with zero attached hydrogens (tertiary/aromatic N) is 4. The van der Waals surface area contributed by atoms with Crippen LogP contribution in [0.15, 0.2) is 42.6 Å². The Morgan fingerprint density at radius 3 is 2.83 bits per heavy atom. The molecule has 1 N–H and O–H groups in total. The number of hydrogen-bond acceptors (Lipinski definition) is 3. The van der Waals surface area contributed by atoms with Crippen molar-refractivity contribution in [2.45, 2.75) is 32.9 Å². The fourth-order valence-electron chi connectivity index (χ4n) is 4.82. The van der Waals surface area contributed by atoms with Gasteiger partial charge in [-0.05, 0) is 36.8 Å². The van der Waals surface area contributed by atoms with Gasteiger partial charge in [-0.1, -0.05) is 17.7 Å². The number of fused-ring (bicyclic) bond motifs is 3. The van der Waals surface area contributed by atoms with E-state index < -0.39 is 0 Å². The minimum absolute atomic E-state index is 0.0782. The summed E-state index contributed by atoms with van der Waals surface area (Å²) in [7, 11) is 0. The van der Waals surface area contributed by atoms with E-state index in [9.17, 15) is 4.79 Å².